The van der Waals surface area contributed by atoms with Crippen LogP contribution < -0.4 is 5.32 Å². The highest BCUT2D eigenvalue weighted by molar-refractivity contribution is 9.10. The van der Waals surface area contributed by atoms with Crippen molar-refractivity contribution < 1.29 is 0 Å². The molecule has 2 fully saturated rings. The number of halogens is 1. The van der Waals surface area contributed by atoms with Crippen molar-refractivity contribution in [2.45, 2.75) is 45.4 Å². The second kappa shape index (κ2) is 4.89. The highest BCUT2D eigenvalue weighted by atomic mass is 79.9. The molecule has 2 aliphatic rings. The third kappa shape index (κ3) is 2.50. The minimum Gasteiger partial charge on any atom is -0.316 e. The molecule has 1 spiro atoms. The van der Waals surface area contributed by atoms with Gasteiger partial charge in [-0.3, -0.25) is 0 Å². The summed E-state index contributed by atoms with van der Waals surface area (Å²) in [5, 5.41) is 3.62. The Hall–Kier alpha value is -0.340. The summed E-state index contributed by atoms with van der Waals surface area (Å²) >= 11 is 3.76. The molecule has 1 saturated carbocycles. The lowest BCUT2D eigenvalue weighted by Crippen LogP contribution is -2.42. The van der Waals surface area contributed by atoms with Gasteiger partial charge in [0.25, 0.3) is 0 Å². The van der Waals surface area contributed by atoms with Crippen LogP contribution in [-0.4, -0.2) is 13.1 Å². The molecule has 1 nitrogen and oxygen atoms in total. The van der Waals surface area contributed by atoms with Crippen LogP contribution in [0.3, 0.4) is 0 Å². The quantitative estimate of drug-likeness (QED) is 0.789. The first kappa shape index (κ1) is 13.6. The Balaban J connectivity index is 1.97. The summed E-state index contributed by atoms with van der Waals surface area (Å²) < 4.78 is 1.28. The van der Waals surface area contributed by atoms with E-state index in [1.54, 1.807) is 0 Å². The van der Waals surface area contributed by atoms with E-state index >= 15 is 0 Å². The van der Waals surface area contributed by atoms with E-state index < -0.39 is 0 Å². The minimum absolute atomic E-state index is 0.525. The van der Waals surface area contributed by atoms with E-state index in [0.717, 1.165) is 6.54 Å². The van der Waals surface area contributed by atoms with Crippen LogP contribution in [0, 0.1) is 10.8 Å². The summed E-state index contributed by atoms with van der Waals surface area (Å²) in [4.78, 5) is 0. The van der Waals surface area contributed by atoms with Crippen molar-refractivity contribution >= 4 is 15.9 Å². The van der Waals surface area contributed by atoms with Crippen molar-refractivity contribution in [3.63, 3.8) is 0 Å². The summed E-state index contributed by atoms with van der Waals surface area (Å²) in [7, 11) is 0. The van der Waals surface area contributed by atoms with Gasteiger partial charge in [0.05, 0.1) is 0 Å². The van der Waals surface area contributed by atoms with E-state index in [0.29, 0.717) is 16.7 Å². The molecule has 1 saturated heterocycles. The Morgan fingerprint density at radius 1 is 1.16 bits per heavy atom. The zero-order chi connectivity index (χ0) is 13.5. The topological polar surface area (TPSA) is 12.0 Å². The maximum Gasteiger partial charge on any atom is 0.0210 e. The molecule has 1 aliphatic carbocycles. The monoisotopic (exact) mass is 321 g/mol. The molecule has 104 valence electrons. The number of nitrogens with one attached hydrogen (secondary N) is 1. The van der Waals surface area contributed by atoms with Crippen LogP contribution in [0.15, 0.2) is 28.7 Å². The highest BCUT2D eigenvalue weighted by Crippen LogP contribution is 2.59. The van der Waals surface area contributed by atoms with Crippen LogP contribution in [0.1, 0.15) is 51.0 Å². The molecule has 0 amide bonds. The Morgan fingerprint density at radius 3 is 2.63 bits per heavy atom. The SMILES string of the molecule is CC1(C)CCC2(CCNCC2c2ccccc2Br)C1. The van der Waals surface area contributed by atoms with Gasteiger partial charge >= 0.3 is 0 Å². The summed E-state index contributed by atoms with van der Waals surface area (Å²) in [6, 6.07) is 8.81. The Bertz CT molecular complexity index is 468. The normalized spacial score (nSPS) is 33.7. The third-order valence-electron chi connectivity index (χ3n) is 5.30. The predicted molar refractivity (Wildman–Crippen MR) is 84.4 cm³/mol. The molecule has 19 heavy (non-hydrogen) atoms. The zero-order valence-electron chi connectivity index (χ0n) is 12.0. The smallest absolute Gasteiger partial charge is 0.0210 e. The average Bonchev–Trinajstić information content (AvgIpc) is 2.67. The molecule has 2 atom stereocenters. The van der Waals surface area contributed by atoms with Crippen molar-refractivity contribution in [1.82, 2.24) is 5.32 Å². The second-order valence-corrected chi connectivity index (χ2v) is 8.09. The van der Waals surface area contributed by atoms with Gasteiger partial charge in [-0.1, -0.05) is 48.0 Å². The largest absolute Gasteiger partial charge is 0.316 e. The standard InChI is InChI=1S/C17H24BrN/c1-16(2)7-8-17(12-16)9-10-19-11-14(17)13-5-3-4-6-15(13)18/h3-6,14,19H,7-12H2,1-2H3. The lowest BCUT2D eigenvalue weighted by molar-refractivity contribution is 0.150. The summed E-state index contributed by atoms with van der Waals surface area (Å²) in [5.74, 6) is 0.665. The molecule has 0 bridgehead atoms. The van der Waals surface area contributed by atoms with E-state index in [4.69, 9.17) is 0 Å². The fraction of sp³-hybridized carbons (Fsp3) is 0.647. The van der Waals surface area contributed by atoms with Gasteiger partial charge in [0, 0.05) is 16.9 Å². The van der Waals surface area contributed by atoms with Crippen LogP contribution in [0.2, 0.25) is 0 Å². The summed E-state index contributed by atoms with van der Waals surface area (Å²) in [5.41, 5.74) is 2.56. The van der Waals surface area contributed by atoms with Crippen LogP contribution >= 0.6 is 15.9 Å². The fourth-order valence-electron chi connectivity index (χ4n) is 4.40. The maximum absolute atomic E-state index is 3.76. The molecule has 0 radical (unpaired) electrons. The third-order valence-corrected chi connectivity index (χ3v) is 6.02. The minimum atomic E-state index is 0.525. The van der Waals surface area contributed by atoms with E-state index in [9.17, 15) is 0 Å². The van der Waals surface area contributed by atoms with Gasteiger partial charge in [0.2, 0.25) is 0 Å². The molecule has 1 aromatic rings. The number of rotatable bonds is 1. The molecule has 1 aromatic carbocycles. The molecule has 2 unspecified atom stereocenters. The van der Waals surface area contributed by atoms with Gasteiger partial charge in [0.15, 0.2) is 0 Å². The molecule has 0 aromatic heterocycles. The van der Waals surface area contributed by atoms with E-state index in [1.165, 1.54) is 42.3 Å². The zero-order valence-corrected chi connectivity index (χ0v) is 13.6. The van der Waals surface area contributed by atoms with Crippen LogP contribution in [0.4, 0.5) is 0 Å². The van der Waals surface area contributed by atoms with E-state index in [1.807, 2.05) is 0 Å². The molecule has 3 rings (SSSR count). The maximum atomic E-state index is 3.76. The average molecular weight is 322 g/mol. The number of hydrogen-bond donors (Lipinski definition) is 1. The second-order valence-electron chi connectivity index (χ2n) is 7.23. The van der Waals surface area contributed by atoms with Crippen LogP contribution in [-0.2, 0) is 0 Å². The van der Waals surface area contributed by atoms with E-state index in [-0.39, 0.29) is 0 Å². The van der Waals surface area contributed by atoms with Gasteiger partial charge in [-0.05, 0) is 54.7 Å². The van der Waals surface area contributed by atoms with Gasteiger partial charge in [-0.15, -0.1) is 0 Å². The van der Waals surface area contributed by atoms with Gasteiger partial charge in [0.1, 0.15) is 0 Å². The van der Waals surface area contributed by atoms with Gasteiger partial charge in [-0.2, -0.15) is 0 Å². The first-order valence-corrected chi connectivity index (χ1v) is 8.27. The van der Waals surface area contributed by atoms with Crippen molar-refractivity contribution in [3.05, 3.63) is 34.3 Å². The number of piperidine rings is 1. The highest BCUT2D eigenvalue weighted by Gasteiger charge is 2.49. The van der Waals surface area contributed by atoms with Crippen LogP contribution in [0.25, 0.3) is 0 Å². The number of benzene rings is 1. The lowest BCUT2D eigenvalue weighted by Gasteiger charge is -2.43. The van der Waals surface area contributed by atoms with Crippen molar-refractivity contribution in [2.75, 3.05) is 13.1 Å². The molecular weight excluding hydrogens is 298 g/mol. The summed E-state index contributed by atoms with van der Waals surface area (Å²) in [6.07, 6.45) is 5.50. The molecular formula is C17H24BrN. The first-order valence-electron chi connectivity index (χ1n) is 7.48. The summed E-state index contributed by atoms with van der Waals surface area (Å²) in [6.45, 7) is 7.22. The predicted octanol–water partition coefficient (Wildman–Crippen LogP) is 4.72. The van der Waals surface area contributed by atoms with E-state index in [2.05, 4.69) is 59.4 Å². The molecule has 1 N–H and O–H groups in total. The lowest BCUT2D eigenvalue weighted by atomic mass is 9.65. The Labute approximate surface area is 125 Å². The van der Waals surface area contributed by atoms with Gasteiger partial charge < -0.3 is 5.32 Å². The number of hydrogen-bond acceptors (Lipinski definition) is 1. The van der Waals surface area contributed by atoms with Crippen molar-refractivity contribution in [2.24, 2.45) is 10.8 Å². The Kier molecular flexibility index (Phi) is 3.51. The Morgan fingerprint density at radius 2 is 1.95 bits per heavy atom. The molecule has 1 heterocycles. The first-order chi connectivity index (χ1) is 9.03. The molecule has 2 heteroatoms. The van der Waals surface area contributed by atoms with Crippen molar-refractivity contribution in [3.8, 4) is 0 Å². The fourth-order valence-corrected chi connectivity index (χ4v) is 4.96. The molecule has 1 aliphatic heterocycles. The van der Waals surface area contributed by atoms with Crippen molar-refractivity contribution in [1.29, 1.82) is 0 Å². The van der Waals surface area contributed by atoms with Crippen LogP contribution in [0.5, 0.6) is 0 Å². The van der Waals surface area contributed by atoms with Gasteiger partial charge in [-0.25, -0.2) is 0 Å².